The van der Waals surface area contributed by atoms with E-state index in [1.54, 1.807) is 24.3 Å². The fourth-order valence-corrected chi connectivity index (χ4v) is 2.89. The molecule has 0 aliphatic carbocycles. The van der Waals surface area contributed by atoms with E-state index >= 15 is 0 Å². The average molecular weight is 356 g/mol. The summed E-state index contributed by atoms with van der Waals surface area (Å²) < 4.78 is -1.58. The predicted molar refractivity (Wildman–Crippen MR) is 83.8 cm³/mol. The fourth-order valence-electron chi connectivity index (χ4n) is 2.19. The van der Waals surface area contributed by atoms with Gasteiger partial charge in [0, 0.05) is 23.7 Å². The second-order valence-electron chi connectivity index (χ2n) is 4.67. The number of alkyl halides is 3. The van der Waals surface area contributed by atoms with Crippen molar-refractivity contribution in [1.29, 1.82) is 0 Å². The minimum atomic E-state index is -1.58. The number of halogens is 4. The molecule has 1 aromatic carbocycles. The van der Waals surface area contributed by atoms with Gasteiger partial charge in [-0.3, -0.25) is 9.69 Å². The molecule has 1 N–H and O–H groups in total. The first-order chi connectivity index (χ1) is 9.38. The molecule has 7 heteroatoms. The summed E-state index contributed by atoms with van der Waals surface area (Å²) in [6.07, 6.45) is 1.43. The van der Waals surface area contributed by atoms with Crippen molar-refractivity contribution < 1.29 is 4.79 Å². The van der Waals surface area contributed by atoms with Crippen LogP contribution < -0.4 is 5.32 Å². The number of likely N-dealkylation sites (tertiary alicyclic amines) is 1. The third-order valence-electron chi connectivity index (χ3n) is 3.19. The van der Waals surface area contributed by atoms with Crippen molar-refractivity contribution in [2.45, 2.75) is 22.8 Å². The number of hydrogen-bond donors (Lipinski definition) is 1. The normalized spacial score (nSPS) is 18.0. The lowest BCUT2D eigenvalue weighted by atomic mass is 10.2. The molecule has 110 valence electrons. The molecule has 0 radical (unpaired) electrons. The van der Waals surface area contributed by atoms with Gasteiger partial charge in [0.15, 0.2) is 0 Å². The van der Waals surface area contributed by atoms with Gasteiger partial charge in [-0.05, 0) is 37.1 Å². The highest BCUT2D eigenvalue weighted by atomic mass is 35.6. The minimum absolute atomic E-state index is 0.287. The largest absolute Gasteiger partial charge is 0.332 e. The summed E-state index contributed by atoms with van der Waals surface area (Å²) in [5, 5.41) is 3.35. The van der Waals surface area contributed by atoms with Crippen LogP contribution in [0.2, 0.25) is 5.02 Å². The number of nitrogens with one attached hydrogen (secondary N) is 1. The molecule has 1 fully saturated rings. The molecular weight excluding hydrogens is 342 g/mol. The summed E-state index contributed by atoms with van der Waals surface area (Å²) in [5.74, 6) is -0.287. The molecule has 1 atom stereocenters. The van der Waals surface area contributed by atoms with Crippen molar-refractivity contribution >= 4 is 52.3 Å². The van der Waals surface area contributed by atoms with Crippen LogP contribution in [0.1, 0.15) is 23.2 Å². The summed E-state index contributed by atoms with van der Waals surface area (Å²) in [6.45, 7) is 1.61. The molecule has 20 heavy (non-hydrogen) atoms. The van der Waals surface area contributed by atoms with Gasteiger partial charge in [0.1, 0.15) is 6.17 Å². The Morgan fingerprint density at radius 1 is 1.15 bits per heavy atom. The van der Waals surface area contributed by atoms with Gasteiger partial charge in [0.2, 0.25) is 3.79 Å². The van der Waals surface area contributed by atoms with Gasteiger partial charge in [-0.15, -0.1) is 0 Å². The van der Waals surface area contributed by atoms with Crippen LogP contribution in [0.5, 0.6) is 0 Å². The first kappa shape index (κ1) is 16.2. The molecule has 0 bridgehead atoms. The Morgan fingerprint density at radius 3 is 2.20 bits per heavy atom. The quantitative estimate of drug-likeness (QED) is 0.835. The maximum atomic E-state index is 12.2. The molecule has 1 aliphatic rings. The molecule has 3 nitrogen and oxygen atoms in total. The van der Waals surface area contributed by atoms with E-state index in [4.69, 9.17) is 46.4 Å². The van der Waals surface area contributed by atoms with E-state index in [0.29, 0.717) is 10.6 Å². The van der Waals surface area contributed by atoms with Crippen LogP contribution in [0.25, 0.3) is 0 Å². The van der Waals surface area contributed by atoms with Crippen LogP contribution in [0.15, 0.2) is 24.3 Å². The van der Waals surface area contributed by atoms with E-state index in [1.807, 2.05) is 4.90 Å². The van der Waals surface area contributed by atoms with Crippen molar-refractivity contribution in [3.8, 4) is 0 Å². The smallest absolute Gasteiger partial charge is 0.252 e. The number of carbonyl (C=O) groups is 1. The SMILES string of the molecule is O=C(N[C@@H](N1CCCC1)C(Cl)(Cl)Cl)c1ccc(Cl)cc1. The van der Waals surface area contributed by atoms with Gasteiger partial charge in [0.05, 0.1) is 0 Å². The van der Waals surface area contributed by atoms with Crippen molar-refractivity contribution in [2.24, 2.45) is 0 Å². The van der Waals surface area contributed by atoms with Crippen molar-refractivity contribution in [2.75, 3.05) is 13.1 Å². The molecular formula is C13H14Cl4N2O. The first-order valence-corrected chi connectivity index (χ1v) is 7.76. The zero-order valence-electron chi connectivity index (χ0n) is 10.6. The van der Waals surface area contributed by atoms with Gasteiger partial charge >= 0.3 is 0 Å². The monoisotopic (exact) mass is 354 g/mol. The zero-order chi connectivity index (χ0) is 14.8. The zero-order valence-corrected chi connectivity index (χ0v) is 13.6. The Morgan fingerprint density at radius 2 is 1.70 bits per heavy atom. The second-order valence-corrected chi connectivity index (χ2v) is 7.47. The number of carbonyl (C=O) groups excluding carboxylic acids is 1. The number of hydrogen-bond acceptors (Lipinski definition) is 2. The summed E-state index contributed by atoms with van der Waals surface area (Å²) >= 11 is 23.8. The van der Waals surface area contributed by atoms with E-state index in [2.05, 4.69) is 5.32 Å². The summed E-state index contributed by atoms with van der Waals surface area (Å²) in [5.41, 5.74) is 0.479. The van der Waals surface area contributed by atoms with E-state index < -0.39 is 9.96 Å². The Hall–Kier alpha value is -0.190. The van der Waals surface area contributed by atoms with Crippen LogP contribution in [0.3, 0.4) is 0 Å². The van der Waals surface area contributed by atoms with Crippen LogP contribution in [-0.4, -0.2) is 33.9 Å². The van der Waals surface area contributed by atoms with Gasteiger partial charge in [-0.1, -0.05) is 46.4 Å². The summed E-state index contributed by atoms with van der Waals surface area (Å²) in [7, 11) is 0. The number of rotatable bonds is 3. The van der Waals surface area contributed by atoms with Gasteiger partial charge < -0.3 is 5.32 Å². The molecule has 1 saturated heterocycles. The lowest BCUT2D eigenvalue weighted by molar-refractivity contribution is 0.0874. The molecule has 2 rings (SSSR count). The number of nitrogens with zero attached hydrogens (tertiary/aromatic N) is 1. The molecule has 0 saturated carbocycles. The van der Waals surface area contributed by atoms with Crippen LogP contribution in [-0.2, 0) is 0 Å². The van der Waals surface area contributed by atoms with Gasteiger partial charge in [0.25, 0.3) is 5.91 Å². The lowest BCUT2D eigenvalue weighted by Gasteiger charge is -2.33. The molecule has 1 aromatic rings. The standard InChI is InChI=1S/C13H14Cl4N2O/c14-10-5-3-9(4-6-10)11(20)18-12(13(15,16)17)19-7-1-2-8-19/h3-6,12H,1-2,7-8H2,(H,18,20)/t12-/m0/s1. The molecule has 1 heterocycles. The van der Waals surface area contributed by atoms with Crippen molar-refractivity contribution in [3.63, 3.8) is 0 Å². The van der Waals surface area contributed by atoms with Crippen molar-refractivity contribution in [1.82, 2.24) is 10.2 Å². The highest BCUT2D eigenvalue weighted by molar-refractivity contribution is 6.68. The average Bonchev–Trinajstić information content (AvgIpc) is 2.88. The number of amides is 1. The third kappa shape index (κ3) is 4.15. The van der Waals surface area contributed by atoms with Gasteiger partial charge in [-0.25, -0.2) is 0 Å². The highest BCUT2D eigenvalue weighted by Crippen LogP contribution is 2.33. The van der Waals surface area contributed by atoms with E-state index in [-0.39, 0.29) is 5.91 Å². The fraction of sp³-hybridized carbons (Fsp3) is 0.462. The van der Waals surface area contributed by atoms with Crippen LogP contribution in [0.4, 0.5) is 0 Å². The topological polar surface area (TPSA) is 32.3 Å². The lowest BCUT2D eigenvalue weighted by Crippen LogP contribution is -2.54. The third-order valence-corrected chi connectivity index (χ3v) is 4.06. The molecule has 0 spiro atoms. The summed E-state index contributed by atoms with van der Waals surface area (Å²) in [4.78, 5) is 14.2. The van der Waals surface area contributed by atoms with Crippen LogP contribution >= 0.6 is 46.4 Å². The van der Waals surface area contributed by atoms with E-state index in [0.717, 1.165) is 25.9 Å². The summed E-state index contributed by atoms with van der Waals surface area (Å²) in [6, 6.07) is 6.57. The Labute approximate surface area is 138 Å². The molecule has 1 amide bonds. The maximum Gasteiger partial charge on any atom is 0.252 e. The Kier molecular flexibility index (Phi) is 5.43. The number of benzene rings is 1. The Balaban J connectivity index is 2.11. The van der Waals surface area contributed by atoms with Crippen LogP contribution in [0, 0.1) is 0 Å². The first-order valence-electron chi connectivity index (χ1n) is 6.25. The Bertz CT molecular complexity index is 466. The maximum absolute atomic E-state index is 12.2. The predicted octanol–water partition coefficient (Wildman–Crippen LogP) is 3.86. The second kappa shape index (κ2) is 6.71. The molecule has 0 unspecified atom stereocenters. The van der Waals surface area contributed by atoms with E-state index in [9.17, 15) is 4.79 Å². The van der Waals surface area contributed by atoms with Crippen molar-refractivity contribution in [3.05, 3.63) is 34.9 Å². The molecule has 0 aromatic heterocycles. The molecule has 1 aliphatic heterocycles. The van der Waals surface area contributed by atoms with Gasteiger partial charge in [-0.2, -0.15) is 0 Å². The minimum Gasteiger partial charge on any atom is -0.332 e. The van der Waals surface area contributed by atoms with E-state index in [1.165, 1.54) is 0 Å². The highest BCUT2D eigenvalue weighted by Gasteiger charge is 2.39.